The van der Waals surface area contributed by atoms with Crippen LogP contribution in [0.2, 0.25) is 0 Å². The van der Waals surface area contributed by atoms with E-state index < -0.39 is 13.5 Å². The molecule has 1 unspecified atom stereocenters. The van der Waals surface area contributed by atoms with Gasteiger partial charge < -0.3 is 24.1 Å². The number of hydrogen-bond donors (Lipinski definition) is 5. The Morgan fingerprint density at radius 3 is 1.56 bits per heavy atom. The molecule has 0 heterocycles. The van der Waals surface area contributed by atoms with Gasteiger partial charge in [-0.05, 0) is 31.6 Å². The lowest BCUT2D eigenvalue weighted by atomic mass is 10.0. The summed E-state index contributed by atoms with van der Waals surface area (Å²) in [5.41, 5.74) is -3.11. The number of rotatable bonds is 4. The van der Waals surface area contributed by atoms with Crippen molar-refractivity contribution in [3.05, 3.63) is 0 Å². The molecule has 0 saturated heterocycles. The summed E-state index contributed by atoms with van der Waals surface area (Å²) in [6, 6.07) is 0. The van der Waals surface area contributed by atoms with Crippen LogP contribution in [0, 0.1) is 0 Å². The van der Waals surface area contributed by atoms with Crippen molar-refractivity contribution in [3.63, 3.8) is 0 Å². The van der Waals surface area contributed by atoms with Crippen LogP contribution >= 0.6 is 25.8 Å². The maximum Gasteiger partial charge on any atom is 0.466 e. The van der Waals surface area contributed by atoms with E-state index in [1.165, 1.54) is 0 Å². The van der Waals surface area contributed by atoms with Crippen molar-refractivity contribution in [1.29, 1.82) is 0 Å². The largest absolute Gasteiger partial charge is 0.466 e. The second-order valence-electron chi connectivity index (χ2n) is 3.25. The summed E-state index contributed by atoms with van der Waals surface area (Å²) >= 11 is 8.49. The summed E-state index contributed by atoms with van der Waals surface area (Å²) in [7, 11) is -4.64. The standard InChI is InChI=1S/C6H15O2PS2.H3O4P/c1-4-6(3,5-2)8-9(7,10)11;1-5(2,3)4/h4-5H2,1-3H3,(H2,7,10,11);(H3,1,2,3,4). The van der Waals surface area contributed by atoms with Gasteiger partial charge in [-0.2, -0.15) is 0 Å². The molecular weight excluding hydrogens is 294 g/mol. The van der Waals surface area contributed by atoms with Crippen molar-refractivity contribution in [2.45, 2.75) is 39.2 Å². The van der Waals surface area contributed by atoms with Crippen molar-refractivity contribution in [1.82, 2.24) is 0 Å². The molecule has 100 valence electrons. The maximum atomic E-state index is 9.18. The molecule has 1 atom stereocenters. The van der Waals surface area contributed by atoms with Crippen LogP contribution < -0.4 is 0 Å². The lowest BCUT2D eigenvalue weighted by molar-refractivity contribution is 0.0867. The fourth-order valence-corrected chi connectivity index (χ4v) is 2.63. The summed E-state index contributed by atoms with van der Waals surface area (Å²) in [5, 5.41) is 0. The van der Waals surface area contributed by atoms with Crippen molar-refractivity contribution in [3.8, 4) is 0 Å². The van der Waals surface area contributed by atoms with Gasteiger partial charge in [-0.25, -0.2) is 4.57 Å². The van der Waals surface area contributed by atoms with Crippen LogP contribution in [-0.2, 0) is 20.9 Å². The van der Waals surface area contributed by atoms with Crippen molar-refractivity contribution in [2.24, 2.45) is 0 Å². The Labute approximate surface area is 106 Å². The van der Waals surface area contributed by atoms with Gasteiger partial charge in [0.05, 0.1) is 5.60 Å². The third kappa shape index (κ3) is 17.4. The molecule has 0 aromatic heterocycles. The van der Waals surface area contributed by atoms with Crippen molar-refractivity contribution in [2.75, 3.05) is 0 Å². The molecule has 16 heavy (non-hydrogen) atoms. The molecule has 0 aliphatic heterocycles. The van der Waals surface area contributed by atoms with Gasteiger partial charge >= 0.3 is 7.82 Å². The second kappa shape index (κ2) is 7.46. The molecule has 10 heteroatoms. The van der Waals surface area contributed by atoms with E-state index in [4.69, 9.17) is 23.8 Å². The van der Waals surface area contributed by atoms with Crippen LogP contribution in [0.5, 0.6) is 0 Å². The van der Waals surface area contributed by atoms with Crippen LogP contribution in [0.15, 0.2) is 0 Å². The van der Waals surface area contributed by atoms with Gasteiger partial charge in [-0.15, -0.1) is 0 Å². The molecule has 0 bridgehead atoms. The van der Waals surface area contributed by atoms with Crippen LogP contribution in [0.3, 0.4) is 0 Å². The van der Waals surface area contributed by atoms with Crippen molar-refractivity contribution < 1.29 is 28.7 Å². The van der Waals surface area contributed by atoms with Crippen molar-refractivity contribution >= 4 is 37.6 Å². The van der Waals surface area contributed by atoms with Gasteiger partial charge in [0.15, 0.2) is 0 Å². The molecule has 0 radical (unpaired) electrons. The zero-order valence-electron chi connectivity index (χ0n) is 9.27. The molecule has 0 rings (SSSR count). The minimum Gasteiger partial charge on any atom is -0.338 e. The normalized spacial score (nSPS) is 16.0. The molecule has 0 amide bonds. The first-order chi connectivity index (χ1) is 6.83. The van der Waals surface area contributed by atoms with Crippen LogP contribution in [-0.4, -0.2) is 25.2 Å². The van der Waals surface area contributed by atoms with E-state index in [2.05, 4.69) is 24.1 Å². The Morgan fingerprint density at radius 1 is 1.25 bits per heavy atom. The first-order valence-corrected chi connectivity index (χ1v) is 9.76. The summed E-state index contributed by atoms with van der Waals surface area (Å²) in [4.78, 5) is 30.7. The predicted molar refractivity (Wildman–Crippen MR) is 69.8 cm³/mol. The first-order valence-electron chi connectivity index (χ1n) is 4.37. The van der Waals surface area contributed by atoms with Gasteiger partial charge in [0.25, 0.3) is 0 Å². The molecule has 0 fully saturated rings. The Balaban J connectivity index is 0. The fourth-order valence-electron chi connectivity index (χ4n) is 0.666. The fraction of sp³-hybridized carbons (Fsp3) is 1.00. The predicted octanol–water partition coefficient (Wildman–Crippen LogP) is 1.80. The summed E-state index contributed by atoms with van der Waals surface area (Å²) in [6.07, 6.45) is 1.67. The number of hydrogen-bond acceptors (Lipinski definition) is 3. The molecule has 0 spiro atoms. The van der Waals surface area contributed by atoms with E-state index in [1.54, 1.807) is 0 Å². The Morgan fingerprint density at radius 2 is 1.50 bits per heavy atom. The van der Waals surface area contributed by atoms with Gasteiger partial charge in [-0.3, -0.25) is 0 Å². The third-order valence-corrected chi connectivity index (χ3v) is 2.98. The third-order valence-electron chi connectivity index (χ3n) is 1.84. The maximum absolute atomic E-state index is 9.18. The lowest BCUT2D eigenvalue weighted by Crippen LogP contribution is -2.24. The monoisotopic (exact) mass is 312 g/mol. The summed E-state index contributed by atoms with van der Waals surface area (Å²) < 4.78 is 14.2. The number of phosphoric acid groups is 1. The molecule has 4 N–H and O–H groups in total. The minimum atomic E-state index is -4.64. The highest BCUT2D eigenvalue weighted by Gasteiger charge is 2.25. The van der Waals surface area contributed by atoms with Crippen LogP contribution in [0.25, 0.3) is 0 Å². The molecule has 0 aliphatic carbocycles. The van der Waals surface area contributed by atoms with Gasteiger partial charge in [0.1, 0.15) is 0 Å². The van der Waals surface area contributed by atoms with Gasteiger partial charge in [-0.1, -0.05) is 26.1 Å². The van der Waals surface area contributed by atoms with E-state index in [0.717, 1.165) is 12.8 Å². The van der Waals surface area contributed by atoms with E-state index in [9.17, 15) is 4.89 Å². The Hall–Kier alpha value is 1.03. The zero-order valence-corrected chi connectivity index (χ0v) is 12.8. The summed E-state index contributed by atoms with van der Waals surface area (Å²) in [6.45, 7) is 5.94. The first kappa shape index (κ1) is 19.4. The highest BCUT2D eigenvalue weighted by Crippen LogP contribution is 2.52. The lowest BCUT2D eigenvalue weighted by Gasteiger charge is -2.29. The average molecular weight is 312 g/mol. The topological polar surface area (TPSA) is 107 Å². The quantitative estimate of drug-likeness (QED) is 0.398. The molecular formula is C6H18O6P2S2. The molecule has 0 aromatic rings. The zero-order chi connectivity index (χ0) is 13.6. The SMILES string of the molecule is CCC(C)(CC)OP(O)(=S)S.O=P(O)(O)O. The second-order valence-corrected chi connectivity index (χ2v) is 9.37. The molecule has 6 nitrogen and oxygen atoms in total. The van der Waals surface area contributed by atoms with Gasteiger partial charge in [0.2, 0.25) is 5.69 Å². The average Bonchev–Trinajstić information content (AvgIpc) is 1.98. The van der Waals surface area contributed by atoms with Crippen LogP contribution in [0.1, 0.15) is 33.6 Å². The van der Waals surface area contributed by atoms with E-state index in [1.807, 2.05) is 20.8 Å². The Kier molecular flexibility index (Phi) is 9.03. The minimum absolute atomic E-state index is 0.313. The summed E-state index contributed by atoms with van der Waals surface area (Å²) in [5.74, 6) is 0. The highest BCUT2D eigenvalue weighted by molar-refractivity contribution is 8.59. The Bertz CT molecular complexity index is 272. The van der Waals surface area contributed by atoms with E-state index in [-0.39, 0.29) is 5.60 Å². The highest BCUT2D eigenvalue weighted by atomic mass is 32.9. The number of thiol groups is 1. The smallest absolute Gasteiger partial charge is 0.338 e. The van der Waals surface area contributed by atoms with Crippen LogP contribution in [0.4, 0.5) is 0 Å². The van der Waals surface area contributed by atoms with E-state index >= 15 is 0 Å². The van der Waals surface area contributed by atoms with E-state index in [0.29, 0.717) is 0 Å². The molecule has 0 aromatic carbocycles. The molecule has 0 saturated carbocycles. The van der Waals surface area contributed by atoms with Gasteiger partial charge in [0, 0.05) is 0 Å². The molecule has 0 aliphatic rings.